The molecule has 0 aliphatic carbocycles. The van der Waals surface area contributed by atoms with E-state index in [1.54, 1.807) is 13.0 Å². The molecular weight excluding hydrogens is 665 g/mol. The van der Waals surface area contributed by atoms with Crippen molar-refractivity contribution in [3.63, 3.8) is 0 Å². The third-order valence-electron chi connectivity index (χ3n) is 10.0. The molecule has 0 N–H and O–H groups in total. The summed E-state index contributed by atoms with van der Waals surface area (Å²) < 4.78 is 34.7. The minimum Gasteiger partial charge on any atom is -0.466 e. The topological polar surface area (TPSA) is 97.3 Å². The molecule has 0 radical (unpaired) electrons. The Morgan fingerprint density at radius 3 is 1.50 bits per heavy atom. The molecule has 0 spiro atoms. The summed E-state index contributed by atoms with van der Waals surface area (Å²) in [6.45, 7) is 36.9. The number of rotatable bonds is 19. The summed E-state index contributed by atoms with van der Waals surface area (Å²) in [7, 11) is -3.79. The molecular formula is C40H70O8Si2. The van der Waals surface area contributed by atoms with Crippen LogP contribution >= 0.6 is 0 Å². The number of carbonyl (C=O) groups excluding carboxylic acids is 2. The van der Waals surface area contributed by atoms with E-state index in [1.807, 2.05) is 32.9 Å². The van der Waals surface area contributed by atoms with E-state index in [-0.39, 0.29) is 11.9 Å². The molecule has 0 aromatic carbocycles. The predicted molar refractivity (Wildman–Crippen MR) is 209 cm³/mol. The van der Waals surface area contributed by atoms with Gasteiger partial charge in [-0.2, -0.15) is 0 Å². The number of esters is 2. The zero-order chi connectivity index (χ0) is 38.4. The molecule has 0 saturated carbocycles. The smallest absolute Gasteiger partial charge is 0.330 e. The summed E-state index contributed by atoms with van der Waals surface area (Å²) in [4.78, 5) is 22.9. The Bertz CT molecular complexity index is 1290. The maximum atomic E-state index is 11.5. The quantitative estimate of drug-likeness (QED) is 0.0799. The first-order valence-corrected chi connectivity index (χ1v) is 23.0. The van der Waals surface area contributed by atoms with Gasteiger partial charge in [-0.3, -0.25) is 4.79 Å². The number of hydrogen-bond acceptors (Lipinski definition) is 8. The molecule has 8 nitrogen and oxygen atoms in total. The number of ether oxygens (including phenoxy) is 2. The second kappa shape index (κ2) is 21.2. The lowest BCUT2D eigenvalue weighted by molar-refractivity contribution is -0.143. The summed E-state index contributed by atoms with van der Waals surface area (Å²) in [5.74, 6) is 2.66. The molecule has 2 aromatic rings. The van der Waals surface area contributed by atoms with Crippen LogP contribution in [-0.4, -0.2) is 41.8 Å². The van der Waals surface area contributed by atoms with Crippen molar-refractivity contribution >= 4 is 34.6 Å². The van der Waals surface area contributed by atoms with Gasteiger partial charge in [-0.15, -0.1) is 0 Å². The van der Waals surface area contributed by atoms with Gasteiger partial charge in [0.25, 0.3) is 0 Å². The van der Waals surface area contributed by atoms with Crippen LogP contribution in [0.25, 0.3) is 6.08 Å². The minimum absolute atomic E-state index is 0.180. The number of hydrogen-bond donors (Lipinski definition) is 0. The van der Waals surface area contributed by atoms with Crippen molar-refractivity contribution in [1.82, 2.24) is 0 Å². The van der Waals surface area contributed by atoms with Crippen LogP contribution in [0.5, 0.6) is 0 Å². The van der Waals surface area contributed by atoms with Crippen LogP contribution in [0.1, 0.15) is 138 Å². The predicted octanol–water partition coefficient (Wildman–Crippen LogP) is 11.6. The number of furan rings is 2. The molecule has 50 heavy (non-hydrogen) atoms. The van der Waals surface area contributed by atoms with E-state index >= 15 is 0 Å². The second-order valence-corrected chi connectivity index (χ2v) is 26.0. The molecule has 0 atom stereocenters. The average molecular weight is 735 g/mol. The Hall–Kier alpha value is -2.41. The van der Waals surface area contributed by atoms with E-state index in [4.69, 9.17) is 27.2 Å². The monoisotopic (exact) mass is 734 g/mol. The average Bonchev–Trinajstić information content (AvgIpc) is 3.55. The van der Waals surface area contributed by atoms with Crippen molar-refractivity contribution in [1.29, 1.82) is 0 Å². The first kappa shape index (κ1) is 45.6. The zero-order valence-electron chi connectivity index (χ0n) is 34.3. The van der Waals surface area contributed by atoms with Gasteiger partial charge in [0.2, 0.25) is 16.6 Å². The van der Waals surface area contributed by atoms with Gasteiger partial charge in [-0.25, -0.2) is 4.79 Å². The molecule has 0 amide bonds. The van der Waals surface area contributed by atoms with Gasteiger partial charge in [-0.1, -0.05) is 83.1 Å². The van der Waals surface area contributed by atoms with E-state index in [0.29, 0.717) is 78.3 Å². The van der Waals surface area contributed by atoms with Crippen LogP contribution in [0.15, 0.2) is 27.0 Å². The largest absolute Gasteiger partial charge is 0.466 e. The molecule has 0 aliphatic rings. The lowest BCUT2D eigenvalue weighted by Gasteiger charge is -2.42. The van der Waals surface area contributed by atoms with Gasteiger partial charge in [0.1, 0.15) is 23.0 Å². The number of carbonyl (C=O) groups is 2. The van der Waals surface area contributed by atoms with Crippen molar-refractivity contribution in [2.24, 2.45) is 0 Å². The van der Waals surface area contributed by atoms with Gasteiger partial charge in [0.05, 0.1) is 32.8 Å². The van der Waals surface area contributed by atoms with Crippen molar-refractivity contribution in [2.45, 2.75) is 170 Å². The highest BCUT2D eigenvalue weighted by molar-refractivity contribution is 6.78. The fraction of sp³-hybridized carbons (Fsp3) is 0.700. The molecule has 0 unspecified atom stereocenters. The first-order valence-electron chi connectivity index (χ1n) is 18.8. The maximum Gasteiger partial charge on any atom is 0.330 e. The lowest BCUT2D eigenvalue weighted by Crippen LogP contribution is -2.47. The fourth-order valence-electron chi connectivity index (χ4n) is 7.83. The summed E-state index contributed by atoms with van der Waals surface area (Å²) >= 11 is 0. The van der Waals surface area contributed by atoms with Gasteiger partial charge < -0.3 is 27.2 Å². The molecule has 2 aromatic heterocycles. The van der Waals surface area contributed by atoms with Crippen molar-refractivity contribution in [3.05, 3.63) is 52.4 Å². The SMILES string of the molecule is CCOC(=O)/C=C/c1cc(CO[Si](C(C)C)(C(C)C)C(C)C)c(C)o1.CCOC(=O)CCc1cc(CO[Si](C(C)C)(C(C)C)C(C)C)c(C)o1. The van der Waals surface area contributed by atoms with E-state index in [9.17, 15) is 9.59 Å². The fourth-order valence-corrected chi connectivity index (χ4v) is 18.6. The van der Waals surface area contributed by atoms with E-state index in [0.717, 1.165) is 28.4 Å². The molecule has 0 fully saturated rings. The van der Waals surface area contributed by atoms with Crippen molar-refractivity contribution < 1.29 is 36.7 Å². The number of aryl methyl sites for hydroxylation is 3. The molecule has 0 aliphatic heterocycles. The molecule has 0 bridgehead atoms. The normalized spacial score (nSPS) is 12.6. The standard InChI is InChI=1S/C20H36O4Si.C20H34O4Si/c2*1-9-22-20(21)11-10-19-12-18(17(8)24-19)13-23-25(14(2)3,15(4)5)16(6)7/h12,14-16H,9-11,13H2,1-8H3;10-12,14-16H,9,13H2,1-8H3/b;11-10+. The first-order chi connectivity index (χ1) is 23.3. The molecule has 286 valence electrons. The maximum absolute atomic E-state index is 11.5. The minimum atomic E-state index is -1.90. The highest BCUT2D eigenvalue weighted by Crippen LogP contribution is 2.44. The summed E-state index contributed by atoms with van der Waals surface area (Å²) in [6.07, 6.45) is 3.96. The highest BCUT2D eigenvalue weighted by Gasteiger charge is 2.46. The van der Waals surface area contributed by atoms with Crippen molar-refractivity contribution in [3.8, 4) is 0 Å². The van der Waals surface area contributed by atoms with E-state index in [2.05, 4.69) is 83.1 Å². The summed E-state index contributed by atoms with van der Waals surface area (Å²) in [5.41, 5.74) is 5.45. The third kappa shape index (κ3) is 12.4. The van der Waals surface area contributed by atoms with Gasteiger partial charge in [0, 0.05) is 23.6 Å². The third-order valence-corrected chi connectivity index (χ3v) is 22.1. The Morgan fingerprint density at radius 2 is 1.08 bits per heavy atom. The van der Waals surface area contributed by atoms with Crippen LogP contribution in [0.4, 0.5) is 0 Å². The summed E-state index contributed by atoms with van der Waals surface area (Å²) in [5, 5.41) is 0. The second-order valence-electron chi connectivity index (χ2n) is 15.1. The molecule has 2 heterocycles. The van der Waals surface area contributed by atoms with Crippen LogP contribution in [0.2, 0.25) is 33.2 Å². The Kier molecular flexibility index (Phi) is 19.3. The molecule has 10 heteroatoms. The van der Waals surface area contributed by atoms with Gasteiger partial charge in [-0.05, 0) is 79.2 Å². The molecule has 2 rings (SSSR count). The Labute approximate surface area is 306 Å². The zero-order valence-corrected chi connectivity index (χ0v) is 36.3. The van der Waals surface area contributed by atoms with Crippen LogP contribution < -0.4 is 0 Å². The lowest BCUT2D eigenvalue weighted by atomic mass is 10.2. The van der Waals surface area contributed by atoms with Gasteiger partial charge >= 0.3 is 11.9 Å². The van der Waals surface area contributed by atoms with Crippen LogP contribution in [0.3, 0.4) is 0 Å². The van der Waals surface area contributed by atoms with Crippen molar-refractivity contribution in [2.75, 3.05) is 13.2 Å². The van der Waals surface area contributed by atoms with E-state index in [1.165, 1.54) is 6.08 Å². The van der Waals surface area contributed by atoms with Crippen LogP contribution in [0, 0.1) is 13.8 Å². The van der Waals surface area contributed by atoms with Crippen LogP contribution in [-0.2, 0) is 47.5 Å². The van der Waals surface area contributed by atoms with Gasteiger partial charge in [0.15, 0.2) is 0 Å². The Balaban J connectivity index is 0.000000500. The summed E-state index contributed by atoms with van der Waals surface area (Å²) in [6, 6.07) is 3.99. The molecule has 0 saturated heterocycles. The Morgan fingerprint density at radius 1 is 0.660 bits per heavy atom. The highest BCUT2D eigenvalue weighted by atomic mass is 28.4. The van der Waals surface area contributed by atoms with E-state index < -0.39 is 16.6 Å².